The highest BCUT2D eigenvalue weighted by molar-refractivity contribution is 7.91. The number of thiazole rings is 1. The maximum absolute atomic E-state index is 13.2. The number of aromatic nitrogens is 3. The number of aryl methyl sites for hydroxylation is 1. The second-order valence-corrected chi connectivity index (χ2v) is 12.2. The summed E-state index contributed by atoms with van der Waals surface area (Å²) in [4.78, 5) is 17.8. The second-order valence-electron chi connectivity index (χ2n) is 8.04. The second kappa shape index (κ2) is 9.10. The van der Waals surface area contributed by atoms with Crippen molar-refractivity contribution >= 4 is 54.6 Å². The highest BCUT2D eigenvalue weighted by atomic mass is 32.2. The molecular weight excluding hydrogens is 494 g/mol. The molecule has 0 aliphatic carbocycles. The Kier molecular flexibility index (Phi) is 6.15. The van der Waals surface area contributed by atoms with Crippen LogP contribution in [0, 0.1) is 12.8 Å². The standard InChI is InChI=1S/C22H23N5O4S3/c1-14-11-19(27(25-14)22-23-17-8-7-16(31-2)12-18(17)33-22)24-21(28)15-5-3-9-26(13-15)34(29,30)20-6-4-10-32-20/h4,6-8,10-12,15H,3,5,9,13H2,1-2H3,(H,24,28). The first-order valence-corrected chi connectivity index (χ1v) is 13.8. The van der Waals surface area contributed by atoms with Gasteiger partial charge < -0.3 is 10.1 Å². The number of benzene rings is 1. The number of methoxy groups -OCH3 is 1. The molecule has 1 aliphatic heterocycles. The molecule has 1 aliphatic rings. The Morgan fingerprint density at radius 1 is 1.26 bits per heavy atom. The summed E-state index contributed by atoms with van der Waals surface area (Å²) in [5.41, 5.74) is 1.55. The molecule has 1 saturated heterocycles. The molecule has 9 nitrogen and oxygen atoms in total. The van der Waals surface area contributed by atoms with Crippen LogP contribution in [0.25, 0.3) is 15.3 Å². The summed E-state index contributed by atoms with van der Waals surface area (Å²) in [6, 6.07) is 10.7. The lowest BCUT2D eigenvalue weighted by molar-refractivity contribution is -0.120. The molecule has 1 aromatic carbocycles. The van der Waals surface area contributed by atoms with E-state index in [9.17, 15) is 13.2 Å². The van der Waals surface area contributed by atoms with E-state index in [1.807, 2.05) is 25.1 Å². The van der Waals surface area contributed by atoms with Gasteiger partial charge in [0.1, 0.15) is 15.8 Å². The van der Waals surface area contributed by atoms with E-state index in [0.29, 0.717) is 34.5 Å². The number of amides is 1. The molecule has 0 spiro atoms. The highest BCUT2D eigenvalue weighted by Crippen LogP contribution is 2.31. The molecular formula is C22H23N5O4S3. The molecule has 0 radical (unpaired) electrons. The average molecular weight is 518 g/mol. The zero-order valence-electron chi connectivity index (χ0n) is 18.6. The van der Waals surface area contributed by atoms with Gasteiger partial charge in [-0.15, -0.1) is 11.3 Å². The average Bonchev–Trinajstić information content (AvgIpc) is 3.58. The lowest BCUT2D eigenvalue weighted by atomic mass is 9.99. The molecule has 1 N–H and O–H groups in total. The van der Waals surface area contributed by atoms with Gasteiger partial charge in [0, 0.05) is 19.2 Å². The number of anilines is 1. The maximum Gasteiger partial charge on any atom is 0.252 e. The van der Waals surface area contributed by atoms with Crippen molar-refractivity contribution in [3.8, 4) is 10.9 Å². The zero-order valence-corrected chi connectivity index (χ0v) is 21.0. The van der Waals surface area contributed by atoms with E-state index in [0.717, 1.165) is 21.7 Å². The van der Waals surface area contributed by atoms with Crippen molar-refractivity contribution in [2.45, 2.75) is 24.0 Å². The fraction of sp³-hybridized carbons (Fsp3) is 0.318. The number of hydrogen-bond donors (Lipinski definition) is 1. The van der Waals surface area contributed by atoms with Gasteiger partial charge in [0.2, 0.25) is 11.0 Å². The first kappa shape index (κ1) is 23.0. The Balaban J connectivity index is 1.36. The number of carbonyl (C=O) groups is 1. The van der Waals surface area contributed by atoms with Crippen LogP contribution in [0.3, 0.4) is 0 Å². The fourth-order valence-electron chi connectivity index (χ4n) is 3.99. The van der Waals surface area contributed by atoms with Crippen molar-refractivity contribution in [2.75, 3.05) is 25.5 Å². The third-order valence-electron chi connectivity index (χ3n) is 5.69. The van der Waals surface area contributed by atoms with Gasteiger partial charge in [0.25, 0.3) is 10.0 Å². The normalized spacial score (nSPS) is 17.2. The van der Waals surface area contributed by atoms with Crippen molar-refractivity contribution in [2.24, 2.45) is 5.92 Å². The molecule has 0 saturated carbocycles. The first-order valence-electron chi connectivity index (χ1n) is 10.7. The minimum atomic E-state index is -3.59. The van der Waals surface area contributed by atoms with Gasteiger partial charge in [-0.1, -0.05) is 17.4 Å². The Labute approximate surface area is 205 Å². The molecule has 0 bridgehead atoms. The number of thiophene rings is 1. The number of carbonyl (C=O) groups excluding carboxylic acids is 1. The molecule has 5 rings (SSSR count). The number of nitrogens with one attached hydrogen (secondary N) is 1. The minimum Gasteiger partial charge on any atom is -0.497 e. The maximum atomic E-state index is 13.2. The van der Waals surface area contributed by atoms with Crippen molar-refractivity contribution in [1.82, 2.24) is 19.1 Å². The number of hydrogen-bond acceptors (Lipinski definition) is 8. The third kappa shape index (κ3) is 4.33. The zero-order chi connectivity index (χ0) is 23.9. The fourth-order valence-corrected chi connectivity index (χ4v) is 7.61. The van der Waals surface area contributed by atoms with Gasteiger partial charge in [-0.2, -0.15) is 14.1 Å². The Hall–Kier alpha value is -2.80. The molecule has 34 heavy (non-hydrogen) atoms. The Morgan fingerprint density at radius 2 is 2.12 bits per heavy atom. The SMILES string of the molecule is COc1ccc2nc(-n3nc(C)cc3NC(=O)C3CCCN(S(=O)(=O)c4cccs4)C3)sc2c1. The van der Waals surface area contributed by atoms with Crippen LogP contribution in [0.1, 0.15) is 18.5 Å². The van der Waals surface area contributed by atoms with Crippen LogP contribution < -0.4 is 10.1 Å². The van der Waals surface area contributed by atoms with Gasteiger partial charge in [-0.3, -0.25) is 4.79 Å². The van der Waals surface area contributed by atoms with E-state index in [-0.39, 0.29) is 12.5 Å². The van der Waals surface area contributed by atoms with Gasteiger partial charge in [0.15, 0.2) is 0 Å². The summed E-state index contributed by atoms with van der Waals surface area (Å²) < 4.78 is 35.4. The summed E-state index contributed by atoms with van der Waals surface area (Å²) in [7, 11) is -1.97. The molecule has 12 heteroatoms. The van der Waals surface area contributed by atoms with E-state index in [1.165, 1.54) is 27.0 Å². The summed E-state index contributed by atoms with van der Waals surface area (Å²) >= 11 is 2.63. The number of piperidine rings is 1. The predicted octanol–water partition coefficient (Wildman–Crippen LogP) is 3.90. The van der Waals surface area contributed by atoms with Crippen LogP contribution in [-0.2, 0) is 14.8 Å². The van der Waals surface area contributed by atoms with Crippen LogP contribution in [0.4, 0.5) is 5.82 Å². The molecule has 4 heterocycles. The van der Waals surface area contributed by atoms with Gasteiger partial charge in [0.05, 0.1) is 28.9 Å². The molecule has 3 aromatic heterocycles. The number of ether oxygens (including phenoxy) is 1. The van der Waals surface area contributed by atoms with E-state index >= 15 is 0 Å². The summed E-state index contributed by atoms with van der Waals surface area (Å²) in [5.74, 6) is 0.570. The molecule has 1 amide bonds. The van der Waals surface area contributed by atoms with Crippen LogP contribution >= 0.6 is 22.7 Å². The van der Waals surface area contributed by atoms with Crippen molar-refractivity contribution in [1.29, 1.82) is 0 Å². The summed E-state index contributed by atoms with van der Waals surface area (Å²) in [6.07, 6.45) is 1.25. The molecule has 1 unspecified atom stereocenters. The highest BCUT2D eigenvalue weighted by Gasteiger charge is 2.34. The van der Waals surface area contributed by atoms with Gasteiger partial charge >= 0.3 is 0 Å². The summed E-state index contributed by atoms with van der Waals surface area (Å²) in [6.45, 7) is 2.41. The van der Waals surface area contributed by atoms with E-state index in [2.05, 4.69) is 15.4 Å². The van der Waals surface area contributed by atoms with Crippen LogP contribution in [0.5, 0.6) is 5.75 Å². The number of rotatable bonds is 6. The molecule has 1 atom stereocenters. The van der Waals surface area contributed by atoms with Crippen molar-refractivity contribution in [3.05, 3.63) is 47.5 Å². The minimum absolute atomic E-state index is 0.153. The van der Waals surface area contributed by atoms with Gasteiger partial charge in [-0.25, -0.2) is 13.4 Å². The van der Waals surface area contributed by atoms with E-state index in [1.54, 1.807) is 35.4 Å². The van der Waals surface area contributed by atoms with Crippen molar-refractivity contribution in [3.63, 3.8) is 0 Å². The number of nitrogens with zero attached hydrogens (tertiary/aromatic N) is 4. The van der Waals surface area contributed by atoms with Crippen molar-refractivity contribution < 1.29 is 17.9 Å². The topological polar surface area (TPSA) is 106 Å². The lowest BCUT2D eigenvalue weighted by Gasteiger charge is -2.30. The number of sulfonamides is 1. The summed E-state index contributed by atoms with van der Waals surface area (Å²) in [5, 5.41) is 9.84. The predicted molar refractivity (Wildman–Crippen MR) is 132 cm³/mol. The first-order chi connectivity index (χ1) is 16.3. The van der Waals surface area contributed by atoms with Crippen LogP contribution in [0.15, 0.2) is 46.0 Å². The van der Waals surface area contributed by atoms with Crippen LogP contribution in [0.2, 0.25) is 0 Å². The van der Waals surface area contributed by atoms with Gasteiger partial charge in [-0.05, 0) is 49.4 Å². The molecule has 4 aromatic rings. The lowest BCUT2D eigenvalue weighted by Crippen LogP contribution is -2.43. The number of fused-ring (bicyclic) bond motifs is 1. The largest absolute Gasteiger partial charge is 0.497 e. The van der Waals surface area contributed by atoms with Crippen LogP contribution in [-0.4, -0.2) is 53.6 Å². The van der Waals surface area contributed by atoms with E-state index < -0.39 is 15.9 Å². The Bertz CT molecular complexity index is 1440. The monoisotopic (exact) mass is 517 g/mol. The quantitative estimate of drug-likeness (QED) is 0.416. The Morgan fingerprint density at radius 3 is 2.88 bits per heavy atom. The smallest absolute Gasteiger partial charge is 0.252 e. The third-order valence-corrected chi connectivity index (χ3v) is 9.92. The molecule has 178 valence electrons. The molecule has 1 fully saturated rings. The van der Waals surface area contributed by atoms with E-state index in [4.69, 9.17) is 4.74 Å².